The van der Waals surface area contributed by atoms with Gasteiger partial charge in [0.25, 0.3) is 0 Å². The van der Waals surface area contributed by atoms with Crippen molar-refractivity contribution in [1.82, 2.24) is 14.8 Å². The normalized spacial score (nSPS) is 12.2. The predicted molar refractivity (Wildman–Crippen MR) is 137 cm³/mol. The summed E-state index contributed by atoms with van der Waals surface area (Å²) < 4.78 is 1.91. The molecule has 0 saturated carbocycles. The van der Waals surface area contributed by atoms with E-state index < -0.39 is 24.1 Å². The van der Waals surface area contributed by atoms with Crippen molar-refractivity contribution in [3.05, 3.63) is 102 Å². The number of anilines is 1. The standard InChI is InChI=1S/C23H22N4.C4H6O6/c24-23-22(19-11-5-2-6-12-19)21(17-18-9-3-1-4-10-18)26-27(23)16-14-20-13-7-8-15-25-20;5-1(3(7)8)2(6)4(9)10/h1-13,15H,14,16-17,24H2;1-2,5-6H,(H,7,8)(H,9,10). The maximum atomic E-state index is 9.77. The number of carbonyl (C=O) groups is 2. The van der Waals surface area contributed by atoms with Crippen molar-refractivity contribution >= 4 is 17.8 Å². The molecule has 2 aromatic heterocycles. The lowest BCUT2D eigenvalue weighted by Crippen LogP contribution is -2.39. The van der Waals surface area contributed by atoms with Crippen molar-refractivity contribution in [2.24, 2.45) is 0 Å². The van der Waals surface area contributed by atoms with Crippen molar-refractivity contribution in [3.8, 4) is 11.1 Å². The zero-order valence-corrected chi connectivity index (χ0v) is 19.9. The Hall–Kier alpha value is -4.54. The number of rotatable bonds is 9. The molecule has 6 N–H and O–H groups in total. The van der Waals surface area contributed by atoms with Gasteiger partial charge < -0.3 is 26.2 Å². The van der Waals surface area contributed by atoms with Crippen molar-refractivity contribution in [2.75, 3.05) is 5.73 Å². The third-order valence-corrected chi connectivity index (χ3v) is 5.45. The van der Waals surface area contributed by atoms with Gasteiger partial charge in [0.05, 0.1) is 5.69 Å². The molecule has 0 amide bonds. The SMILES string of the molecule is Nc1c(-c2ccccc2)c(Cc2ccccc2)nn1CCc1ccccn1.O=C(O)C(O)C(O)C(=O)O. The van der Waals surface area contributed by atoms with Crippen molar-refractivity contribution in [3.63, 3.8) is 0 Å². The number of carboxylic acids is 2. The van der Waals surface area contributed by atoms with Crippen LogP contribution in [0.15, 0.2) is 85.1 Å². The lowest BCUT2D eigenvalue weighted by atomic mass is 10.0. The van der Waals surface area contributed by atoms with E-state index in [1.165, 1.54) is 5.56 Å². The summed E-state index contributed by atoms with van der Waals surface area (Å²) in [6.45, 7) is 0.706. The minimum atomic E-state index is -2.27. The first-order valence-electron chi connectivity index (χ1n) is 11.4. The van der Waals surface area contributed by atoms with Crippen LogP contribution in [0.25, 0.3) is 11.1 Å². The fraction of sp³-hybridized carbons (Fsp3) is 0.185. The fourth-order valence-electron chi connectivity index (χ4n) is 3.57. The van der Waals surface area contributed by atoms with Crippen LogP contribution in [0.2, 0.25) is 0 Å². The van der Waals surface area contributed by atoms with E-state index >= 15 is 0 Å². The molecule has 0 bridgehead atoms. The van der Waals surface area contributed by atoms with Crippen LogP contribution in [0.5, 0.6) is 0 Å². The van der Waals surface area contributed by atoms with Gasteiger partial charge >= 0.3 is 11.9 Å². The van der Waals surface area contributed by atoms with Crippen LogP contribution in [-0.2, 0) is 29.0 Å². The van der Waals surface area contributed by atoms with Crippen LogP contribution in [0.3, 0.4) is 0 Å². The van der Waals surface area contributed by atoms with Gasteiger partial charge in [-0.05, 0) is 23.3 Å². The Balaban J connectivity index is 0.000000325. The van der Waals surface area contributed by atoms with E-state index in [-0.39, 0.29) is 0 Å². The number of nitrogens with two attached hydrogens (primary N) is 1. The monoisotopic (exact) mass is 504 g/mol. The van der Waals surface area contributed by atoms with Crippen LogP contribution in [0.1, 0.15) is 17.0 Å². The highest BCUT2D eigenvalue weighted by molar-refractivity contribution is 5.83. The van der Waals surface area contributed by atoms with Gasteiger partial charge in [-0.25, -0.2) is 14.3 Å². The molecule has 0 fully saturated rings. The molecule has 2 unspecified atom stereocenters. The third-order valence-electron chi connectivity index (χ3n) is 5.45. The van der Waals surface area contributed by atoms with Crippen molar-refractivity contribution in [1.29, 1.82) is 0 Å². The van der Waals surface area contributed by atoms with E-state index in [1.54, 1.807) is 0 Å². The smallest absolute Gasteiger partial charge is 0.335 e. The van der Waals surface area contributed by atoms with Gasteiger partial charge in [0.1, 0.15) is 5.82 Å². The summed E-state index contributed by atoms with van der Waals surface area (Å²) >= 11 is 0. The molecule has 0 aliphatic carbocycles. The molecule has 37 heavy (non-hydrogen) atoms. The number of carboxylic acid groups (broad SMARTS) is 2. The highest BCUT2D eigenvalue weighted by Gasteiger charge is 2.29. The largest absolute Gasteiger partial charge is 0.479 e. The molecule has 0 spiro atoms. The van der Waals surface area contributed by atoms with Gasteiger partial charge in [-0.15, -0.1) is 0 Å². The molecule has 0 radical (unpaired) electrons. The number of benzene rings is 2. The molecule has 0 aliphatic rings. The van der Waals surface area contributed by atoms with Crippen molar-refractivity contribution in [2.45, 2.75) is 31.6 Å². The Morgan fingerprint density at radius 1 is 0.838 bits per heavy atom. The number of aryl methyl sites for hydroxylation is 2. The number of pyridine rings is 1. The van der Waals surface area contributed by atoms with E-state index in [2.05, 4.69) is 41.4 Å². The lowest BCUT2D eigenvalue weighted by molar-refractivity contribution is -0.165. The molecule has 2 aromatic carbocycles. The Labute approximate surface area is 213 Å². The summed E-state index contributed by atoms with van der Waals surface area (Å²) in [5.74, 6) is -2.83. The summed E-state index contributed by atoms with van der Waals surface area (Å²) in [4.78, 5) is 23.9. The van der Waals surface area contributed by atoms with E-state index in [4.69, 9.17) is 31.3 Å². The summed E-state index contributed by atoms with van der Waals surface area (Å²) in [5.41, 5.74) is 11.9. The topological polar surface area (TPSA) is 172 Å². The van der Waals surface area contributed by atoms with E-state index in [0.29, 0.717) is 12.4 Å². The molecule has 10 nitrogen and oxygen atoms in total. The second kappa shape index (κ2) is 13.0. The Morgan fingerprint density at radius 3 is 1.95 bits per heavy atom. The Morgan fingerprint density at radius 2 is 1.41 bits per heavy atom. The fourth-order valence-corrected chi connectivity index (χ4v) is 3.57. The predicted octanol–water partition coefficient (Wildman–Crippen LogP) is 2.24. The summed E-state index contributed by atoms with van der Waals surface area (Å²) in [6.07, 6.45) is -1.16. The highest BCUT2D eigenvalue weighted by atomic mass is 16.4. The average Bonchev–Trinajstić information content (AvgIpc) is 3.22. The first-order valence-corrected chi connectivity index (χ1v) is 11.4. The zero-order valence-electron chi connectivity index (χ0n) is 19.9. The number of aromatic nitrogens is 3. The van der Waals surface area contributed by atoms with Gasteiger partial charge in [-0.3, -0.25) is 4.98 Å². The van der Waals surface area contributed by atoms with E-state index in [9.17, 15) is 9.59 Å². The number of hydrogen-bond acceptors (Lipinski definition) is 7. The molecule has 0 saturated heterocycles. The first kappa shape index (κ1) is 27.1. The summed E-state index contributed by atoms with van der Waals surface area (Å²) in [6, 6.07) is 26.6. The van der Waals surface area contributed by atoms with Crippen LogP contribution < -0.4 is 5.73 Å². The Kier molecular flexibility index (Phi) is 9.48. The van der Waals surface area contributed by atoms with Crippen molar-refractivity contribution < 1.29 is 30.0 Å². The number of aliphatic hydroxyl groups excluding tert-OH is 2. The second-order valence-electron chi connectivity index (χ2n) is 8.10. The molecule has 0 aliphatic heterocycles. The van der Waals surface area contributed by atoms with Gasteiger partial charge in [-0.2, -0.15) is 5.10 Å². The van der Waals surface area contributed by atoms with E-state index in [0.717, 1.165) is 35.4 Å². The maximum Gasteiger partial charge on any atom is 0.335 e. The molecule has 2 heterocycles. The van der Waals surface area contributed by atoms with Crippen LogP contribution >= 0.6 is 0 Å². The van der Waals surface area contributed by atoms with Gasteiger partial charge in [0.15, 0.2) is 12.2 Å². The molecule has 10 heteroatoms. The molecule has 4 aromatic rings. The summed E-state index contributed by atoms with van der Waals surface area (Å²) in [5, 5.41) is 37.4. The molecule has 2 atom stereocenters. The van der Waals surface area contributed by atoms with Gasteiger partial charge in [0, 0.05) is 36.8 Å². The molecular weight excluding hydrogens is 476 g/mol. The minimum Gasteiger partial charge on any atom is -0.479 e. The lowest BCUT2D eigenvalue weighted by Gasteiger charge is -2.07. The van der Waals surface area contributed by atoms with Gasteiger partial charge in [-0.1, -0.05) is 66.7 Å². The first-order chi connectivity index (χ1) is 17.8. The molecular formula is C27H28N4O6. The number of nitrogens with zero attached hydrogens (tertiary/aromatic N) is 3. The zero-order chi connectivity index (χ0) is 26.8. The summed E-state index contributed by atoms with van der Waals surface area (Å²) in [7, 11) is 0. The third kappa shape index (κ3) is 7.47. The van der Waals surface area contributed by atoms with E-state index in [1.807, 2.05) is 53.3 Å². The molecule has 192 valence electrons. The second-order valence-corrected chi connectivity index (χ2v) is 8.10. The minimum absolute atomic E-state index is 0.706. The van der Waals surface area contributed by atoms with Crippen LogP contribution in [0.4, 0.5) is 5.82 Å². The quantitative estimate of drug-likeness (QED) is 0.229. The maximum absolute atomic E-state index is 9.77. The number of aliphatic carboxylic acids is 2. The highest BCUT2D eigenvalue weighted by Crippen LogP contribution is 2.31. The van der Waals surface area contributed by atoms with Crippen LogP contribution in [-0.4, -0.2) is 59.3 Å². The number of nitrogen functional groups attached to an aromatic ring is 1. The number of hydrogen-bond donors (Lipinski definition) is 5. The molecule has 4 rings (SSSR count). The Bertz CT molecular complexity index is 1280. The number of aliphatic hydroxyl groups is 2. The average molecular weight is 505 g/mol. The van der Waals surface area contributed by atoms with Crippen LogP contribution in [0, 0.1) is 0 Å². The van der Waals surface area contributed by atoms with Gasteiger partial charge in [0.2, 0.25) is 0 Å².